The van der Waals surface area contributed by atoms with E-state index in [4.69, 9.17) is 41.5 Å². The van der Waals surface area contributed by atoms with Gasteiger partial charge in [0.05, 0.1) is 68.4 Å². The van der Waals surface area contributed by atoms with Crippen molar-refractivity contribution in [1.82, 2.24) is 29.3 Å². The highest BCUT2D eigenvalue weighted by Gasteiger charge is 2.50. The third-order valence-corrected chi connectivity index (χ3v) is 17.8. The number of alkyl halides is 1. The number of cyclic esters (lactones) is 1. The molecular formula is C57H50ClF3N10O7S. The number of amides is 1. The molecule has 17 nitrogen and oxygen atoms in total. The van der Waals surface area contributed by atoms with Crippen LogP contribution in [0.4, 0.5) is 24.0 Å². The molecule has 3 saturated heterocycles. The first-order valence-corrected chi connectivity index (χ1v) is 27.2. The lowest BCUT2D eigenvalue weighted by atomic mass is 9.86. The van der Waals surface area contributed by atoms with Gasteiger partial charge < -0.3 is 39.4 Å². The fourth-order valence-corrected chi connectivity index (χ4v) is 13.8. The number of nitrogen functional groups attached to an aromatic ring is 1. The molecule has 1 amide bonds. The summed E-state index contributed by atoms with van der Waals surface area (Å²) >= 11 is 7.86. The topological polar surface area (TPSA) is 226 Å². The summed E-state index contributed by atoms with van der Waals surface area (Å²) in [6.07, 6.45) is 1.26. The number of aromatic nitrogens is 4. The minimum atomic E-state index is -1.96. The third kappa shape index (κ3) is 8.22. The van der Waals surface area contributed by atoms with Crippen molar-refractivity contribution in [2.75, 3.05) is 56.6 Å². The highest BCUT2D eigenvalue weighted by atomic mass is 35.5. The van der Waals surface area contributed by atoms with Crippen LogP contribution in [0, 0.1) is 34.3 Å². The molecule has 7 aromatic rings. The lowest BCUT2D eigenvalue weighted by molar-refractivity contribution is -0.172. The van der Waals surface area contributed by atoms with Gasteiger partial charge in [-0.3, -0.25) is 14.5 Å². The average molecular weight is 1110 g/mol. The van der Waals surface area contributed by atoms with Crippen LogP contribution in [-0.2, 0) is 39.5 Å². The molecule has 79 heavy (non-hydrogen) atoms. The number of benzene rings is 3. The van der Waals surface area contributed by atoms with Gasteiger partial charge in [-0.1, -0.05) is 38.1 Å². The van der Waals surface area contributed by atoms with Crippen LogP contribution < -0.4 is 25.7 Å². The second-order valence-electron chi connectivity index (χ2n) is 20.8. The van der Waals surface area contributed by atoms with Crippen LogP contribution in [0.25, 0.3) is 54.4 Å². The number of carbonyl (C=O) groups excluding carboxylic acids is 2. The van der Waals surface area contributed by atoms with Crippen molar-refractivity contribution in [2.24, 2.45) is 0 Å². The van der Waals surface area contributed by atoms with E-state index >= 15 is 8.78 Å². The third-order valence-electron chi connectivity index (χ3n) is 16.5. The second kappa shape index (κ2) is 19.5. The van der Waals surface area contributed by atoms with E-state index in [0.717, 1.165) is 40.3 Å². The number of fused-ring (bicyclic) bond motifs is 8. The normalized spacial score (nSPS) is 21.4. The monoisotopic (exact) mass is 1110 g/mol. The van der Waals surface area contributed by atoms with Crippen LogP contribution in [0.15, 0.2) is 59.4 Å². The molecule has 12 rings (SSSR count). The van der Waals surface area contributed by atoms with Gasteiger partial charge in [0.25, 0.3) is 11.5 Å². The maximum absolute atomic E-state index is 17.5. The number of aryl methyl sites for hydroxylation is 1. The molecule has 5 aliphatic rings. The number of esters is 1. The van der Waals surface area contributed by atoms with E-state index in [2.05, 4.69) is 22.5 Å². The zero-order chi connectivity index (χ0) is 55.4. The number of nitrogens with zero attached hydrogens (tertiary/aromatic N) is 9. The van der Waals surface area contributed by atoms with Gasteiger partial charge in [0, 0.05) is 71.0 Å². The van der Waals surface area contributed by atoms with Crippen LogP contribution in [-0.4, -0.2) is 110 Å². The molecule has 0 saturated carbocycles. The van der Waals surface area contributed by atoms with Gasteiger partial charge in [-0.05, 0) is 79.8 Å². The summed E-state index contributed by atoms with van der Waals surface area (Å²) in [7, 11) is 0. The van der Waals surface area contributed by atoms with Crippen LogP contribution in [0.5, 0.6) is 11.8 Å². The quantitative estimate of drug-likeness (QED) is 0.0865. The Bertz CT molecular complexity index is 3970. The van der Waals surface area contributed by atoms with E-state index in [0.29, 0.717) is 42.0 Å². The van der Waals surface area contributed by atoms with E-state index in [1.807, 2.05) is 24.0 Å². The fraction of sp³-hybridized carbons (Fsp3) is 0.368. The van der Waals surface area contributed by atoms with Crippen LogP contribution in [0.1, 0.15) is 73.8 Å². The zero-order valence-corrected chi connectivity index (χ0v) is 44.5. The van der Waals surface area contributed by atoms with Gasteiger partial charge in [0.2, 0.25) is 0 Å². The summed E-state index contributed by atoms with van der Waals surface area (Å²) in [6, 6.07) is 14.3. The van der Waals surface area contributed by atoms with Gasteiger partial charge in [-0.15, -0.1) is 11.3 Å². The number of piperazine rings is 1. The van der Waals surface area contributed by atoms with E-state index < -0.39 is 46.9 Å². The Labute approximate surface area is 458 Å². The number of rotatable bonds is 12. The summed E-state index contributed by atoms with van der Waals surface area (Å²) in [5.41, 5.74) is 6.99. The van der Waals surface area contributed by atoms with Gasteiger partial charge in [0.1, 0.15) is 60.0 Å². The van der Waals surface area contributed by atoms with Crippen LogP contribution >= 0.6 is 22.9 Å². The lowest BCUT2D eigenvalue weighted by Crippen LogP contribution is -2.56. The first-order chi connectivity index (χ1) is 38.0. The van der Waals surface area contributed by atoms with E-state index in [1.54, 1.807) is 34.6 Å². The van der Waals surface area contributed by atoms with Gasteiger partial charge >= 0.3 is 12.0 Å². The standard InChI is InChI=1S/C57H50ClF3N10O7S/c1-4-32-34-17-31(7-10-42(34)65-47-37(32)24-71-43(47)19-39-38(53(71)73)26-77-54(74)57(39,75)5-2)76-25-28(3)52(72)70-16-15-68(23-30(70)11-13-62)51-35-18-40(58)45(33-8-9-41(60)49-44(33)36(21-63)50(64)79-49)46(61)48(35)66-55(67-51)78-27-56-12-6-14-69(56)22-29(59)20-56/h7-10,17-19,29-30,75H,3-6,11-12,14-16,20,22-27,64H2,1-2H3. The minimum Gasteiger partial charge on any atom is -0.489 e. The predicted octanol–water partition coefficient (Wildman–Crippen LogP) is 8.37. The van der Waals surface area contributed by atoms with E-state index in [9.17, 15) is 34.4 Å². The summed E-state index contributed by atoms with van der Waals surface area (Å²) in [5.74, 6) is -2.16. The van der Waals surface area contributed by atoms with Gasteiger partial charge in [-0.25, -0.2) is 22.9 Å². The highest BCUT2D eigenvalue weighted by Crippen LogP contribution is 2.47. The molecule has 5 aliphatic heterocycles. The Kier molecular flexibility index (Phi) is 12.8. The van der Waals surface area contributed by atoms with Crippen molar-refractivity contribution in [1.29, 1.82) is 10.5 Å². The molecule has 0 bridgehead atoms. The number of aliphatic hydroxyl groups is 1. The van der Waals surface area contributed by atoms with Crippen molar-refractivity contribution in [2.45, 2.75) is 88.9 Å². The molecule has 0 aliphatic carbocycles. The average Bonchev–Trinajstić information content (AvgIpc) is 4.35. The van der Waals surface area contributed by atoms with Gasteiger partial charge in [-0.2, -0.15) is 20.5 Å². The molecule has 22 heteroatoms. The Hall–Kier alpha value is -7.82. The minimum absolute atomic E-state index is 0.0229. The number of ether oxygens (including phenoxy) is 3. The Balaban J connectivity index is 0.818. The Morgan fingerprint density at radius 1 is 1.05 bits per heavy atom. The number of carbonyl (C=O) groups is 2. The van der Waals surface area contributed by atoms with Gasteiger partial charge in [0.15, 0.2) is 11.4 Å². The van der Waals surface area contributed by atoms with Crippen molar-refractivity contribution >= 4 is 77.5 Å². The van der Waals surface area contributed by atoms with E-state index in [-0.39, 0.29) is 154 Å². The summed E-state index contributed by atoms with van der Waals surface area (Å²) in [4.78, 5) is 60.8. The molecule has 404 valence electrons. The zero-order valence-electron chi connectivity index (χ0n) is 42.9. The number of hydrogen-bond acceptors (Lipinski definition) is 16. The molecule has 0 radical (unpaired) electrons. The second-order valence-corrected chi connectivity index (χ2v) is 22.3. The first-order valence-electron chi connectivity index (χ1n) is 26.0. The Morgan fingerprint density at radius 2 is 1.87 bits per heavy atom. The molecule has 0 spiro atoms. The molecule has 4 aromatic heterocycles. The maximum Gasteiger partial charge on any atom is 0.343 e. The largest absolute Gasteiger partial charge is 0.489 e. The fourth-order valence-electron chi connectivity index (χ4n) is 12.5. The highest BCUT2D eigenvalue weighted by molar-refractivity contribution is 7.23. The van der Waals surface area contributed by atoms with Crippen molar-refractivity contribution in [3.8, 4) is 46.4 Å². The molecule has 4 atom stereocenters. The van der Waals surface area contributed by atoms with Crippen molar-refractivity contribution < 1.29 is 42.1 Å². The SMILES string of the molecule is C=C(COc1ccc2nc3c(c(CC)c2c1)Cn1c-3cc2c(c1=O)COC(=O)C2(O)CC)C(=O)N1CCN(c2nc(OCC34CCCN3CC(F)C4)nc3c(F)c(-c4ccc(F)c5sc(N)c(C#N)c45)c(Cl)cc23)CC1CC#N. The molecule has 4 unspecified atom stereocenters. The summed E-state index contributed by atoms with van der Waals surface area (Å²) in [5, 5.41) is 32.6. The van der Waals surface area contributed by atoms with E-state index in [1.165, 1.54) is 12.1 Å². The first kappa shape index (κ1) is 51.9. The molecule has 3 aromatic carbocycles. The van der Waals surface area contributed by atoms with Crippen molar-refractivity contribution in [3.63, 3.8) is 0 Å². The molecule has 9 heterocycles. The lowest BCUT2D eigenvalue weighted by Gasteiger charge is -2.41. The number of thiophene rings is 1. The molecule has 3 fully saturated rings. The number of anilines is 2. The maximum atomic E-state index is 17.5. The van der Waals surface area contributed by atoms with Crippen LogP contribution in [0.3, 0.4) is 0 Å². The molecule has 3 N–H and O–H groups in total. The van der Waals surface area contributed by atoms with Crippen molar-refractivity contribution in [3.05, 3.63) is 109 Å². The smallest absolute Gasteiger partial charge is 0.343 e. The number of pyridine rings is 2. The molecular weight excluding hydrogens is 1060 g/mol. The predicted molar refractivity (Wildman–Crippen MR) is 289 cm³/mol. The summed E-state index contributed by atoms with van der Waals surface area (Å²) < 4.78 is 67.0. The number of nitrogens with two attached hydrogens (primary N) is 1. The summed E-state index contributed by atoms with van der Waals surface area (Å²) in [6.45, 7) is 8.84. The number of halogens is 4. The number of hydrogen-bond donors (Lipinski definition) is 2. The Morgan fingerprint density at radius 3 is 2.65 bits per heavy atom. The number of nitriles is 2. The van der Waals surface area contributed by atoms with Crippen LogP contribution in [0.2, 0.25) is 5.02 Å².